The van der Waals surface area contributed by atoms with Gasteiger partial charge in [0.05, 0.1) is 15.6 Å². The fraction of sp³-hybridized carbons (Fsp3) is 0.273. The minimum atomic E-state index is 0.155. The average molecular weight is 220 g/mol. The van der Waals surface area contributed by atoms with Crippen molar-refractivity contribution in [2.45, 2.75) is 13.3 Å². The molecule has 78 valence electrons. The maximum absolute atomic E-state index is 8.85. The van der Waals surface area contributed by atoms with Crippen LogP contribution in [0.25, 0.3) is 10.4 Å². The van der Waals surface area contributed by atoms with E-state index >= 15 is 0 Å². The first-order chi connectivity index (χ1) is 7.31. The molecule has 0 atom stereocenters. The van der Waals surface area contributed by atoms with Gasteiger partial charge in [-0.15, -0.1) is 11.3 Å². The quantitative estimate of drug-likeness (QED) is 0.861. The van der Waals surface area contributed by atoms with Gasteiger partial charge in [0.25, 0.3) is 0 Å². The molecule has 2 aromatic heterocycles. The third kappa shape index (κ3) is 2.22. The summed E-state index contributed by atoms with van der Waals surface area (Å²) in [6.07, 6.45) is 4.19. The Balaban J connectivity index is 2.36. The molecule has 0 spiro atoms. The fourth-order valence-corrected chi connectivity index (χ4v) is 2.48. The second-order valence-electron chi connectivity index (χ2n) is 3.23. The van der Waals surface area contributed by atoms with E-state index in [0.29, 0.717) is 6.42 Å². The lowest BCUT2D eigenvalue weighted by atomic mass is 10.2. The number of aryl methyl sites for hydroxylation is 1. The Kier molecular flexibility index (Phi) is 3.08. The second kappa shape index (κ2) is 4.51. The number of aliphatic hydroxyl groups is 1. The van der Waals surface area contributed by atoms with Crippen LogP contribution in [-0.4, -0.2) is 21.7 Å². The molecule has 0 aliphatic carbocycles. The third-order valence-corrected chi connectivity index (χ3v) is 3.38. The summed E-state index contributed by atoms with van der Waals surface area (Å²) in [5.41, 5.74) is 2.17. The van der Waals surface area contributed by atoms with Gasteiger partial charge < -0.3 is 5.11 Å². The fourth-order valence-electron chi connectivity index (χ4n) is 1.43. The number of aliphatic hydroxyl groups excluding tert-OH is 1. The maximum atomic E-state index is 8.85. The highest BCUT2D eigenvalue weighted by atomic mass is 32.1. The van der Waals surface area contributed by atoms with Crippen LogP contribution in [0, 0.1) is 6.92 Å². The number of nitrogens with zero attached hydrogens (tertiary/aromatic N) is 2. The van der Waals surface area contributed by atoms with Crippen LogP contribution in [-0.2, 0) is 6.42 Å². The van der Waals surface area contributed by atoms with E-state index in [0.717, 1.165) is 16.3 Å². The van der Waals surface area contributed by atoms with Crippen LogP contribution < -0.4 is 0 Å². The van der Waals surface area contributed by atoms with Crippen LogP contribution >= 0.6 is 11.3 Å². The van der Waals surface area contributed by atoms with Crippen molar-refractivity contribution in [1.82, 2.24) is 9.97 Å². The standard InChI is InChI=1S/C11H12N2OS/c1-8-11(9-2-5-12-6-3-9)15-10(13-8)4-7-14/h2-3,5-6,14H,4,7H2,1H3. The smallest absolute Gasteiger partial charge is 0.0957 e. The van der Waals surface area contributed by atoms with E-state index in [1.807, 2.05) is 19.1 Å². The van der Waals surface area contributed by atoms with Crippen molar-refractivity contribution < 1.29 is 5.11 Å². The van der Waals surface area contributed by atoms with Crippen LogP contribution in [0.2, 0.25) is 0 Å². The molecular weight excluding hydrogens is 208 g/mol. The normalized spacial score (nSPS) is 10.5. The molecule has 0 saturated carbocycles. The van der Waals surface area contributed by atoms with Gasteiger partial charge in [0, 0.05) is 25.4 Å². The van der Waals surface area contributed by atoms with E-state index in [-0.39, 0.29) is 6.61 Å². The number of rotatable bonds is 3. The van der Waals surface area contributed by atoms with E-state index in [2.05, 4.69) is 9.97 Å². The number of aromatic nitrogens is 2. The van der Waals surface area contributed by atoms with Gasteiger partial charge in [0.2, 0.25) is 0 Å². The Morgan fingerprint density at radius 1 is 1.33 bits per heavy atom. The SMILES string of the molecule is Cc1nc(CCO)sc1-c1ccncc1. The molecule has 0 aliphatic rings. The molecule has 0 aliphatic heterocycles. The molecule has 0 unspecified atom stereocenters. The molecule has 0 amide bonds. The minimum absolute atomic E-state index is 0.155. The van der Waals surface area contributed by atoms with E-state index in [4.69, 9.17) is 5.11 Å². The summed E-state index contributed by atoms with van der Waals surface area (Å²) >= 11 is 1.64. The highest BCUT2D eigenvalue weighted by Gasteiger charge is 2.08. The summed E-state index contributed by atoms with van der Waals surface area (Å²) in [6.45, 7) is 2.15. The minimum Gasteiger partial charge on any atom is -0.396 e. The van der Waals surface area contributed by atoms with Crippen LogP contribution in [0.5, 0.6) is 0 Å². The summed E-state index contributed by atoms with van der Waals surface area (Å²) in [7, 11) is 0. The van der Waals surface area contributed by atoms with Crippen molar-refractivity contribution in [3.8, 4) is 10.4 Å². The summed E-state index contributed by atoms with van der Waals surface area (Å²) in [6, 6.07) is 3.95. The van der Waals surface area contributed by atoms with Crippen molar-refractivity contribution in [1.29, 1.82) is 0 Å². The number of hydrogen-bond acceptors (Lipinski definition) is 4. The lowest BCUT2D eigenvalue weighted by Crippen LogP contribution is -1.88. The lowest BCUT2D eigenvalue weighted by Gasteiger charge is -1.95. The second-order valence-corrected chi connectivity index (χ2v) is 4.32. The number of hydrogen-bond donors (Lipinski definition) is 1. The molecule has 0 aromatic carbocycles. The van der Waals surface area contributed by atoms with Gasteiger partial charge in [-0.2, -0.15) is 0 Å². The Labute approximate surface area is 92.5 Å². The van der Waals surface area contributed by atoms with Gasteiger partial charge in [-0.05, 0) is 24.6 Å². The number of thiazole rings is 1. The molecule has 2 heterocycles. The van der Waals surface area contributed by atoms with Crippen LogP contribution in [0.4, 0.5) is 0 Å². The molecule has 0 radical (unpaired) electrons. The van der Waals surface area contributed by atoms with Gasteiger partial charge in [-0.1, -0.05) is 0 Å². The molecule has 0 saturated heterocycles. The van der Waals surface area contributed by atoms with Crippen molar-refractivity contribution in [2.75, 3.05) is 6.61 Å². The predicted molar refractivity (Wildman–Crippen MR) is 60.9 cm³/mol. The van der Waals surface area contributed by atoms with Crippen molar-refractivity contribution in [2.24, 2.45) is 0 Å². The van der Waals surface area contributed by atoms with Gasteiger partial charge in [0.15, 0.2) is 0 Å². The largest absolute Gasteiger partial charge is 0.396 e. The maximum Gasteiger partial charge on any atom is 0.0957 e. The summed E-state index contributed by atoms with van der Waals surface area (Å²) in [5, 5.41) is 9.83. The lowest BCUT2D eigenvalue weighted by molar-refractivity contribution is 0.299. The van der Waals surface area contributed by atoms with E-state index in [9.17, 15) is 0 Å². The molecule has 2 rings (SSSR count). The Morgan fingerprint density at radius 2 is 2.07 bits per heavy atom. The van der Waals surface area contributed by atoms with Crippen molar-refractivity contribution >= 4 is 11.3 Å². The molecular formula is C11H12N2OS. The van der Waals surface area contributed by atoms with E-state index in [1.165, 1.54) is 4.88 Å². The van der Waals surface area contributed by atoms with Crippen LogP contribution in [0.1, 0.15) is 10.7 Å². The summed E-state index contributed by atoms with van der Waals surface area (Å²) in [5.74, 6) is 0. The first-order valence-electron chi connectivity index (χ1n) is 4.79. The molecule has 2 aromatic rings. The zero-order chi connectivity index (χ0) is 10.7. The first kappa shape index (κ1) is 10.3. The van der Waals surface area contributed by atoms with Crippen LogP contribution in [0.3, 0.4) is 0 Å². The third-order valence-electron chi connectivity index (χ3n) is 2.11. The summed E-state index contributed by atoms with van der Waals surface area (Å²) < 4.78 is 0. The molecule has 3 nitrogen and oxygen atoms in total. The zero-order valence-electron chi connectivity index (χ0n) is 8.47. The zero-order valence-corrected chi connectivity index (χ0v) is 9.29. The molecule has 0 bridgehead atoms. The van der Waals surface area contributed by atoms with Crippen molar-refractivity contribution in [3.05, 3.63) is 35.2 Å². The van der Waals surface area contributed by atoms with Crippen LogP contribution in [0.15, 0.2) is 24.5 Å². The molecule has 1 N–H and O–H groups in total. The average Bonchev–Trinajstić information content (AvgIpc) is 2.61. The molecule has 4 heteroatoms. The van der Waals surface area contributed by atoms with Gasteiger partial charge in [-0.3, -0.25) is 4.98 Å². The monoisotopic (exact) mass is 220 g/mol. The Bertz CT molecular complexity index is 439. The van der Waals surface area contributed by atoms with Gasteiger partial charge >= 0.3 is 0 Å². The van der Waals surface area contributed by atoms with Gasteiger partial charge in [0.1, 0.15) is 0 Å². The predicted octanol–water partition coefficient (Wildman–Crippen LogP) is 2.05. The van der Waals surface area contributed by atoms with Crippen molar-refractivity contribution in [3.63, 3.8) is 0 Å². The number of pyridine rings is 1. The molecule has 0 fully saturated rings. The first-order valence-corrected chi connectivity index (χ1v) is 5.60. The van der Waals surface area contributed by atoms with E-state index < -0.39 is 0 Å². The van der Waals surface area contributed by atoms with E-state index in [1.54, 1.807) is 23.7 Å². The topological polar surface area (TPSA) is 46.0 Å². The molecule has 15 heavy (non-hydrogen) atoms. The Hall–Kier alpha value is -1.26. The Morgan fingerprint density at radius 3 is 2.73 bits per heavy atom. The summed E-state index contributed by atoms with van der Waals surface area (Å²) in [4.78, 5) is 9.57. The highest BCUT2D eigenvalue weighted by Crippen LogP contribution is 2.29. The van der Waals surface area contributed by atoms with Gasteiger partial charge in [-0.25, -0.2) is 4.98 Å². The highest BCUT2D eigenvalue weighted by molar-refractivity contribution is 7.15.